The molecule has 0 bridgehead atoms. The molecule has 0 fully saturated rings. The van der Waals surface area contributed by atoms with Crippen LogP contribution in [-0.2, 0) is 16.8 Å². The molecule has 4 nitrogen and oxygen atoms in total. The van der Waals surface area contributed by atoms with Crippen molar-refractivity contribution in [2.45, 2.75) is 123 Å². The Kier molecular flexibility index (Phi) is 12.4. The standard InChI is InChI=1S/C43H50N2O2S/c1-4-7-10-15-26-43(27-16-11-8-5-2)38-19-14-13-18-36(38)41-40(43)37-29-32(21-25-39(37)45(41)28-17-12-9-6-3)20-22-34-23-24-35(48-34)30-33(31-44)42(46)47/h13-14,18-19,21,23-25,29-30H,4-12,15-17,26-28H2,1-3H3,(H,46,47)/b33-30-. The molecule has 1 N–H and O–H groups in total. The van der Waals surface area contributed by atoms with Crippen molar-refractivity contribution in [1.82, 2.24) is 4.57 Å². The third kappa shape index (κ3) is 7.64. The monoisotopic (exact) mass is 658 g/mol. The molecule has 0 radical (unpaired) electrons. The normalized spacial score (nSPS) is 13.2. The van der Waals surface area contributed by atoms with E-state index in [0.29, 0.717) is 4.88 Å². The number of aliphatic carboxylic acids is 1. The van der Waals surface area contributed by atoms with Crippen LogP contribution >= 0.6 is 11.3 Å². The van der Waals surface area contributed by atoms with E-state index < -0.39 is 5.97 Å². The lowest BCUT2D eigenvalue weighted by Gasteiger charge is -2.32. The molecule has 5 heteroatoms. The summed E-state index contributed by atoms with van der Waals surface area (Å²) in [6.07, 6.45) is 18.8. The van der Waals surface area contributed by atoms with Crippen molar-refractivity contribution in [2.24, 2.45) is 0 Å². The number of nitrogens with zero attached hydrogens (tertiary/aromatic N) is 2. The number of hydrogen-bond donors (Lipinski definition) is 1. The molecular weight excluding hydrogens is 609 g/mol. The number of hydrogen-bond acceptors (Lipinski definition) is 3. The summed E-state index contributed by atoms with van der Waals surface area (Å²) in [5.41, 5.74) is 7.97. The van der Waals surface area contributed by atoms with E-state index in [0.717, 1.165) is 17.0 Å². The van der Waals surface area contributed by atoms with Crippen LogP contribution in [0.25, 0.3) is 28.2 Å². The number of aryl methyl sites for hydroxylation is 1. The van der Waals surface area contributed by atoms with Gasteiger partial charge in [0.25, 0.3) is 0 Å². The van der Waals surface area contributed by atoms with Crippen molar-refractivity contribution >= 4 is 34.3 Å². The van der Waals surface area contributed by atoms with E-state index in [1.54, 1.807) is 6.07 Å². The molecule has 0 saturated carbocycles. The van der Waals surface area contributed by atoms with E-state index in [4.69, 9.17) is 5.26 Å². The Bertz CT molecular complexity index is 1840. The maximum absolute atomic E-state index is 11.3. The van der Waals surface area contributed by atoms with Gasteiger partial charge in [-0.15, -0.1) is 11.3 Å². The SMILES string of the molecule is CCCCCCn1c2c(c3cc(C#Cc4ccc(/C=C(/C#N)C(=O)O)s4)ccc31)C(CCCCCC)(CCCCCC)c1ccccc1-2. The molecule has 2 aromatic heterocycles. The Morgan fingerprint density at radius 1 is 0.854 bits per heavy atom. The lowest BCUT2D eigenvalue weighted by molar-refractivity contribution is -0.132. The van der Waals surface area contributed by atoms with Crippen molar-refractivity contribution < 1.29 is 9.90 Å². The van der Waals surface area contributed by atoms with Crippen LogP contribution in [-0.4, -0.2) is 15.6 Å². The fourth-order valence-corrected chi connectivity index (χ4v) is 8.44. The van der Waals surface area contributed by atoms with Gasteiger partial charge in [0.1, 0.15) is 11.6 Å². The van der Waals surface area contributed by atoms with Gasteiger partial charge in [0.2, 0.25) is 0 Å². The van der Waals surface area contributed by atoms with E-state index in [-0.39, 0.29) is 11.0 Å². The van der Waals surface area contributed by atoms with E-state index in [1.807, 2.05) is 12.1 Å². The third-order valence-electron chi connectivity index (χ3n) is 9.98. The highest BCUT2D eigenvalue weighted by molar-refractivity contribution is 7.13. The second-order valence-electron chi connectivity index (χ2n) is 13.3. The van der Waals surface area contributed by atoms with E-state index in [2.05, 4.69) is 79.6 Å². The highest BCUT2D eigenvalue weighted by atomic mass is 32.1. The summed E-state index contributed by atoms with van der Waals surface area (Å²) in [6, 6.07) is 21.6. The fraction of sp³-hybridized carbons (Fsp3) is 0.442. The number of rotatable bonds is 17. The number of aromatic nitrogens is 1. The van der Waals surface area contributed by atoms with Crippen LogP contribution in [0, 0.1) is 23.2 Å². The molecule has 0 unspecified atom stereocenters. The maximum Gasteiger partial charge on any atom is 0.346 e. The molecule has 2 heterocycles. The van der Waals surface area contributed by atoms with E-state index in [1.165, 1.54) is 141 Å². The quantitative estimate of drug-likeness (QED) is 0.0531. The molecule has 0 spiro atoms. The highest BCUT2D eigenvalue weighted by Gasteiger charge is 2.45. The first-order valence-corrected chi connectivity index (χ1v) is 19.0. The Morgan fingerprint density at radius 3 is 2.21 bits per heavy atom. The zero-order valence-corrected chi connectivity index (χ0v) is 29.9. The Morgan fingerprint density at radius 2 is 1.54 bits per heavy atom. The smallest absolute Gasteiger partial charge is 0.346 e. The molecule has 5 rings (SSSR count). The maximum atomic E-state index is 11.3. The molecule has 4 aromatic rings. The van der Waals surface area contributed by atoms with Gasteiger partial charge in [0.15, 0.2) is 0 Å². The molecule has 48 heavy (non-hydrogen) atoms. The van der Waals surface area contributed by atoms with Gasteiger partial charge in [-0.2, -0.15) is 5.26 Å². The topological polar surface area (TPSA) is 66.0 Å². The number of unbranched alkanes of at least 4 members (excludes halogenated alkanes) is 9. The zero-order chi connectivity index (χ0) is 33.9. The number of thiophene rings is 1. The number of carboxylic acids is 1. The predicted octanol–water partition coefficient (Wildman–Crippen LogP) is 11.9. The molecule has 0 saturated heterocycles. The molecule has 250 valence electrons. The minimum atomic E-state index is -1.22. The van der Waals surface area contributed by atoms with Gasteiger partial charge < -0.3 is 9.67 Å². The van der Waals surface area contributed by atoms with Crippen molar-refractivity contribution in [1.29, 1.82) is 5.26 Å². The van der Waals surface area contributed by atoms with Crippen molar-refractivity contribution in [3.8, 4) is 29.2 Å². The second-order valence-corrected chi connectivity index (χ2v) is 14.5. The van der Waals surface area contributed by atoms with Gasteiger partial charge in [0.05, 0.1) is 10.6 Å². The lowest BCUT2D eigenvalue weighted by Crippen LogP contribution is -2.25. The van der Waals surface area contributed by atoms with Crippen LogP contribution < -0.4 is 0 Å². The summed E-state index contributed by atoms with van der Waals surface area (Å²) >= 11 is 1.40. The van der Waals surface area contributed by atoms with Crippen LogP contribution in [0.5, 0.6) is 0 Å². The number of carboxylic acid groups (broad SMARTS) is 1. The molecule has 1 aliphatic rings. The Labute approximate surface area is 291 Å². The first kappa shape index (κ1) is 35.3. The third-order valence-corrected chi connectivity index (χ3v) is 10.9. The molecule has 1 aliphatic carbocycles. The van der Waals surface area contributed by atoms with Gasteiger partial charge >= 0.3 is 5.97 Å². The molecule has 0 atom stereocenters. The average molecular weight is 659 g/mol. The lowest BCUT2D eigenvalue weighted by atomic mass is 9.70. The highest BCUT2D eigenvalue weighted by Crippen LogP contribution is 2.57. The summed E-state index contributed by atoms with van der Waals surface area (Å²) in [5.74, 6) is 5.54. The minimum Gasteiger partial charge on any atom is -0.477 e. The van der Waals surface area contributed by atoms with Crippen LogP contribution in [0.2, 0.25) is 0 Å². The summed E-state index contributed by atoms with van der Waals surface area (Å²) in [5, 5.41) is 19.7. The summed E-state index contributed by atoms with van der Waals surface area (Å²) in [7, 11) is 0. The largest absolute Gasteiger partial charge is 0.477 e. The number of fused-ring (bicyclic) bond motifs is 5. The first-order chi connectivity index (χ1) is 23.5. The van der Waals surface area contributed by atoms with Gasteiger partial charge in [0, 0.05) is 38.9 Å². The van der Waals surface area contributed by atoms with Crippen molar-refractivity contribution in [2.75, 3.05) is 0 Å². The molecular formula is C43H50N2O2S. The zero-order valence-electron chi connectivity index (χ0n) is 29.0. The van der Waals surface area contributed by atoms with Gasteiger partial charge in [-0.25, -0.2) is 4.79 Å². The number of benzene rings is 2. The van der Waals surface area contributed by atoms with Crippen molar-refractivity contribution in [3.05, 3.63) is 86.6 Å². The van der Waals surface area contributed by atoms with Gasteiger partial charge in [-0.05, 0) is 66.8 Å². The van der Waals surface area contributed by atoms with Crippen LogP contribution in [0.3, 0.4) is 0 Å². The number of carbonyl (C=O) groups is 1. The van der Waals surface area contributed by atoms with E-state index >= 15 is 0 Å². The molecule has 0 aliphatic heterocycles. The predicted molar refractivity (Wildman–Crippen MR) is 201 cm³/mol. The van der Waals surface area contributed by atoms with Crippen LogP contribution in [0.4, 0.5) is 0 Å². The van der Waals surface area contributed by atoms with Crippen molar-refractivity contribution in [3.63, 3.8) is 0 Å². The van der Waals surface area contributed by atoms with Gasteiger partial charge in [-0.1, -0.05) is 128 Å². The van der Waals surface area contributed by atoms with Crippen LogP contribution in [0.15, 0.2) is 60.2 Å². The summed E-state index contributed by atoms with van der Waals surface area (Å²) < 4.78 is 2.64. The summed E-state index contributed by atoms with van der Waals surface area (Å²) in [4.78, 5) is 12.9. The second kappa shape index (κ2) is 16.9. The fourth-order valence-electron chi connectivity index (χ4n) is 7.63. The minimum absolute atomic E-state index is 0.00393. The molecule has 2 aromatic carbocycles. The summed E-state index contributed by atoms with van der Waals surface area (Å²) in [6.45, 7) is 7.90. The van der Waals surface area contributed by atoms with Crippen LogP contribution in [0.1, 0.15) is 137 Å². The first-order valence-electron chi connectivity index (χ1n) is 18.2. The number of nitriles is 1. The Balaban J connectivity index is 1.63. The average Bonchev–Trinajstić information content (AvgIpc) is 3.77. The van der Waals surface area contributed by atoms with Gasteiger partial charge in [-0.3, -0.25) is 0 Å². The van der Waals surface area contributed by atoms with E-state index in [9.17, 15) is 9.90 Å². The molecule has 0 amide bonds. The Hall–Kier alpha value is -4.06.